The molecule has 0 aromatic heterocycles. The summed E-state index contributed by atoms with van der Waals surface area (Å²) in [5.41, 5.74) is -0.422. The zero-order chi connectivity index (χ0) is 17.8. The highest BCUT2D eigenvalue weighted by atomic mass is 19.4. The highest BCUT2D eigenvalue weighted by Crippen LogP contribution is 2.26. The summed E-state index contributed by atoms with van der Waals surface area (Å²) < 4.78 is 38.4. The molecule has 1 aliphatic rings. The minimum absolute atomic E-state index is 0.0452. The molecule has 0 spiro atoms. The van der Waals surface area contributed by atoms with E-state index in [1.807, 2.05) is 0 Å². The van der Waals surface area contributed by atoms with E-state index in [2.05, 4.69) is 0 Å². The van der Waals surface area contributed by atoms with Gasteiger partial charge in [0.2, 0.25) is 11.8 Å². The Morgan fingerprint density at radius 1 is 1.17 bits per heavy atom. The second-order valence-corrected chi connectivity index (χ2v) is 7.40. The number of halogens is 3. The number of carbonyl (C=O) groups is 2. The van der Waals surface area contributed by atoms with Crippen LogP contribution < -0.4 is 0 Å². The molecule has 0 aromatic rings. The van der Waals surface area contributed by atoms with Crippen molar-refractivity contribution in [3.63, 3.8) is 0 Å². The van der Waals surface area contributed by atoms with Crippen molar-refractivity contribution in [2.24, 2.45) is 11.3 Å². The summed E-state index contributed by atoms with van der Waals surface area (Å²) in [6.07, 6.45) is -2.90. The van der Waals surface area contributed by atoms with Gasteiger partial charge in [-0.2, -0.15) is 13.2 Å². The van der Waals surface area contributed by atoms with E-state index in [9.17, 15) is 22.8 Å². The number of nitrogens with zero attached hydrogens (tertiary/aromatic N) is 2. The second-order valence-electron chi connectivity index (χ2n) is 7.40. The average Bonchev–Trinajstić information content (AvgIpc) is 2.42. The number of hydrogen-bond acceptors (Lipinski definition) is 2. The SMILES string of the molecule is CCC(=O)N1CCCC(C(=O)N(CC(C)(C)C)CC(F)(F)F)C1. The lowest BCUT2D eigenvalue weighted by Gasteiger charge is -2.37. The zero-order valence-electron chi connectivity index (χ0n) is 14.4. The molecule has 7 heteroatoms. The van der Waals surface area contributed by atoms with Gasteiger partial charge in [0.15, 0.2) is 0 Å². The van der Waals surface area contributed by atoms with E-state index < -0.39 is 30.0 Å². The Morgan fingerprint density at radius 3 is 2.26 bits per heavy atom. The van der Waals surface area contributed by atoms with Crippen molar-refractivity contribution >= 4 is 11.8 Å². The zero-order valence-corrected chi connectivity index (χ0v) is 14.4. The van der Waals surface area contributed by atoms with Crippen molar-refractivity contribution in [3.05, 3.63) is 0 Å². The molecular formula is C16H27F3N2O2. The van der Waals surface area contributed by atoms with Gasteiger partial charge in [0.1, 0.15) is 6.54 Å². The molecule has 0 saturated carbocycles. The number of piperidine rings is 1. The fourth-order valence-electron chi connectivity index (χ4n) is 2.89. The molecule has 1 saturated heterocycles. The van der Waals surface area contributed by atoms with Crippen molar-refractivity contribution in [2.45, 2.75) is 53.1 Å². The van der Waals surface area contributed by atoms with Crippen LogP contribution in [0.5, 0.6) is 0 Å². The molecular weight excluding hydrogens is 309 g/mol. The topological polar surface area (TPSA) is 40.6 Å². The van der Waals surface area contributed by atoms with Gasteiger partial charge in [0, 0.05) is 26.1 Å². The molecule has 1 heterocycles. The molecule has 4 nitrogen and oxygen atoms in total. The van der Waals surface area contributed by atoms with E-state index in [0.717, 1.165) is 4.90 Å². The summed E-state index contributed by atoms with van der Waals surface area (Å²) >= 11 is 0. The molecule has 1 aliphatic heterocycles. The third-order valence-electron chi connectivity index (χ3n) is 3.77. The molecule has 1 rings (SSSR count). The molecule has 134 valence electrons. The van der Waals surface area contributed by atoms with Crippen LogP contribution in [0.15, 0.2) is 0 Å². The van der Waals surface area contributed by atoms with E-state index in [-0.39, 0.29) is 19.0 Å². The summed E-state index contributed by atoms with van der Waals surface area (Å²) in [5, 5.41) is 0. The quantitative estimate of drug-likeness (QED) is 0.792. The fourth-order valence-corrected chi connectivity index (χ4v) is 2.89. The average molecular weight is 336 g/mol. The van der Waals surface area contributed by atoms with Gasteiger partial charge < -0.3 is 9.80 Å². The minimum Gasteiger partial charge on any atom is -0.342 e. The van der Waals surface area contributed by atoms with Crippen molar-refractivity contribution < 1.29 is 22.8 Å². The third-order valence-corrected chi connectivity index (χ3v) is 3.77. The smallest absolute Gasteiger partial charge is 0.342 e. The number of carbonyl (C=O) groups excluding carboxylic acids is 2. The monoisotopic (exact) mass is 336 g/mol. The Labute approximate surface area is 136 Å². The summed E-state index contributed by atoms with van der Waals surface area (Å²) in [5.74, 6) is -1.09. The second kappa shape index (κ2) is 7.53. The molecule has 0 bridgehead atoms. The predicted octanol–water partition coefficient (Wildman–Crippen LogP) is 3.07. The van der Waals surface area contributed by atoms with Gasteiger partial charge in [0.05, 0.1) is 5.92 Å². The number of alkyl halides is 3. The van der Waals surface area contributed by atoms with E-state index in [4.69, 9.17) is 0 Å². The van der Waals surface area contributed by atoms with Gasteiger partial charge in [-0.3, -0.25) is 9.59 Å². The Morgan fingerprint density at radius 2 is 1.78 bits per heavy atom. The first kappa shape index (κ1) is 19.8. The van der Waals surface area contributed by atoms with Crippen LogP contribution >= 0.6 is 0 Å². The van der Waals surface area contributed by atoms with Crippen molar-refractivity contribution in [3.8, 4) is 0 Å². The van der Waals surface area contributed by atoms with Gasteiger partial charge in [-0.15, -0.1) is 0 Å². The van der Waals surface area contributed by atoms with Gasteiger partial charge in [-0.05, 0) is 18.3 Å². The largest absolute Gasteiger partial charge is 0.406 e. The van der Waals surface area contributed by atoms with Gasteiger partial charge in [-0.25, -0.2) is 0 Å². The van der Waals surface area contributed by atoms with Crippen LogP contribution in [-0.2, 0) is 9.59 Å². The molecule has 23 heavy (non-hydrogen) atoms. The van der Waals surface area contributed by atoms with Crippen LogP contribution in [0.4, 0.5) is 13.2 Å². The highest BCUT2D eigenvalue weighted by Gasteiger charge is 2.38. The highest BCUT2D eigenvalue weighted by molar-refractivity contribution is 5.81. The van der Waals surface area contributed by atoms with Crippen LogP contribution in [0.1, 0.15) is 47.0 Å². The first-order valence-electron chi connectivity index (χ1n) is 8.06. The molecule has 1 atom stereocenters. The number of rotatable bonds is 4. The fraction of sp³-hybridized carbons (Fsp3) is 0.875. The van der Waals surface area contributed by atoms with Crippen LogP contribution in [0, 0.1) is 11.3 Å². The van der Waals surface area contributed by atoms with Crippen molar-refractivity contribution in [1.29, 1.82) is 0 Å². The molecule has 1 fully saturated rings. The number of amides is 2. The predicted molar refractivity (Wildman–Crippen MR) is 81.7 cm³/mol. The van der Waals surface area contributed by atoms with E-state index in [0.29, 0.717) is 25.8 Å². The lowest BCUT2D eigenvalue weighted by molar-refractivity contribution is -0.167. The first-order valence-corrected chi connectivity index (χ1v) is 8.06. The maximum Gasteiger partial charge on any atom is 0.406 e. The molecule has 0 aromatic carbocycles. The van der Waals surface area contributed by atoms with Crippen LogP contribution in [-0.4, -0.2) is 54.0 Å². The molecule has 0 aliphatic carbocycles. The molecule has 1 unspecified atom stereocenters. The van der Waals surface area contributed by atoms with Gasteiger partial charge in [0.25, 0.3) is 0 Å². The Hall–Kier alpha value is -1.27. The third kappa shape index (κ3) is 6.79. The number of likely N-dealkylation sites (tertiary alicyclic amines) is 1. The summed E-state index contributed by atoms with van der Waals surface area (Å²) in [6.45, 7) is 6.76. The summed E-state index contributed by atoms with van der Waals surface area (Å²) in [6, 6.07) is 0. The normalized spacial score (nSPS) is 19.6. The van der Waals surface area contributed by atoms with Crippen molar-refractivity contribution in [2.75, 3.05) is 26.2 Å². The Kier molecular flexibility index (Phi) is 6.48. The van der Waals surface area contributed by atoms with Crippen molar-refractivity contribution in [1.82, 2.24) is 9.80 Å². The van der Waals surface area contributed by atoms with E-state index in [1.165, 1.54) is 0 Å². The molecule has 0 radical (unpaired) electrons. The lowest BCUT2D eigenvalue weighted by Crippen LogP contribution is -2.50. The molecule has 2 amide bonds. The summed E-state index contributed by atoms with van der Waals surface area (Å²) in [7, 11) is 0. The summed E-state index contributed by atoms with van der Waals surface area (Å²) in [4.78, 5) is 26.9. The standard InChI is InChI=1S/C16H27F3N2O2/c1-5-13(22)20-8-6-7-12(9-20)14(23)21(10-15(2,3)4)11-16(17,18)19/h12H,5-11H2,1-4H3. The van der Waals surface area contributed by atoms with Crippen LogP contribution in [0.2, 0.25) is 0 Å². The van der Waals surface area contributed by atoms with Crippen LogP contribution in [0.3, 0.4) is 0 Å². The maximum absolute atomic E-state index is 12.8. The Bertz CT molecular complexity index is 414. The van der Waals surface area contributed by atoms with E-state index in [1.54, 1.807) is 32.6 Å². The minimum atomic E-state index is -4.42. The van der Waals surface area contributed by atoms with E-state index >= 15 is 0 Å². The van der Waals surface area contributed by atoms with Gasteiger partial charge in [-0.1, -0.05) is 27.7 Å². The van der Waals surface area contributed by atoms with Crippen LogP contribution in [0.25, 0.3) is 0 Å². The maximum atomic E-state index is 12.8. The number of hydrogen-bond donors (Lipinski definition) is 0. The Balaban J connectivity index is 2.84. The molecule has 0 N–H and O–H groups in total. The lowest BCUT2D eigenvalue weighted by atomic mass is 9.92. The van der Waals surface area contributed by atoms with Gasteiger partial charge >= 0.3 is 6.18 Å². The first-order chi connectivity index (χ1) is 10.4.